The molecular weight excluding hydrogens is 387 g/mol. The van der Waals surface area contributed by atoms with Crippen molar-refractivity contribution < 1.29 is 9.21 Å². The lowest BCUT2D eigenvalue weighted by Crippen LogP contribution is -2.49. The summed E-state index contributed by atoms with van der Waals surface area (Å²) in [6.45, 7) is 7.28. The second-order valence-corrected chi connectivity index (χ2v) is 7.23. The lowest BCUT2D eigenvalue weighted by Gasteiger charge is -2.34. The highest BCUT2D eigenvalue weighted by Crippen LogP contribution is 2.24. The van der Waals surface area contributed by atoms with Gasteiger partial charge >= 0.3 is 0 Å². The summed E-state index contributed by atoms with van der Waals surface area (Å²) in [6, 6.07) is 6.72. The Kier molecular flexibility index (Phi) is 7.77. The summed E-state index contributed by atoms with van der Waals surface area (Å²) in [7, 11) is 0. The van der Waals surface area contributed by atoms with Crippen molar-refractivity contribution >= 4 is 47.8 Å². The summed E-state index contributed by atoms with van der Waals surface area (Å²) >= 11 is 0. The Morgan fingerprint density at radius 1 is 1.26 bits per heavy atom. The average Bonchev–Trinajstić information content (AvgIpc) is 3.29. The van der Waals surface area contributed by atoms with Gasteiger partial charge in [0.2, 0.25) is 5.91 Å². The van der Waals surface area contributed by atoms with Crippen molar-refractivity contribution in [3.05, 3.63) is 23.8 Å². The van der Waals surface area contributed by atoms with E-state index in [1.165, 1.54) is 12.0 Å². The maximum absolute atomic E-state index is 12.4. The van der Waals surface area contributed by atoms with Crippen molar-refractivity contribution in [2.45, 2.75) is 26.2 Å². The quantitative estimate of drug-likeness (QED) is 0.832. The molecule has 0 bridgehead atoms. The van der Waals surface area contributed by atoms with Gasteiger partial charge in [-0.2, -0.15) is 4.98 Å². The molecule has 1 N–H and O–H groups in total. The van der Waals surface area contributed by atoms with Crippen LogP contribution in [0.5, 0.6) is 0 Å². The highest BCUT2D eigenvalue weighted by molar-refractivity contribution is 5.85. The largest absolute Gasteiger partial charge is 0.423 e. The second kappa shape index (κ2) is 9.62. The van der Waals surface area contributed by atoms with E-state index >= 15 is 0 Å². The van der Waals surface area contributed by atoms with E-state index in [0.29, 0.717) is 24.3 Å². The third-order valence-electron chi connectivity index (χ3n) is 5.36. The number of piperazine rings is 1. The molecule has 2 fully saturated rings. The first kappa shape index (κ1) is 21.8. The number of aryl methyl sites for hydroxylation is 1. The Morgan fingerprint density at radius 3 is 2.74 bits per heavy atom. The minimum atomic E-state index is 0. The summed E-state index contributed by atoms with van der Waals surface area (Å²) in [5.74, 6) is 0.966. The van der Waals surface area contributed by atoms with Crippen LogP contribution in [0.3, 0.4) is 0 Å². The smallest absolute Gasteiger partial charge is 0.298 e. The van der Waals surface area contributed by atoms with E-state index < -0.39 is 0 Å². The number of aromatic nitrogens is 1. The van der Waals surface area contributed by atoms with Gasteiger partial charge in [0.1, 0.15) is 5.52 Å². The van der Waals surface area contributed by atoms with Gasteiger partial charge in [-0.15, -0.1) is 24.8 Å². The molecule has 1 aromatic carbocycles. The number of benzene rings is 1. The molecule has 0 aliphatic carbocycles. The molecule has 0 spiro atoms. The van der Waals surface area contributed by atoms with Crippen molar-refractivity contribution in [2.75, 3.05) is 44.2 Å². The van der Waals surface area contributed by atoms with Crippen LogP contribution in [0.15, 0.2) is 22.6 Å². The first-order valence-electron chi connectivity index (χ1n) is 9.30. The fourth-order valence-corrected chi connectivity index (χ4v) is 3.75. The van der Waals surface area contributed by atoms with Crippen LogP contribution in [0.4, 0.5) is 6.01 Å². The fraction of sp³-hybridized carbons (Fsp3) is 0.579. The van der Waals surface area contributed by atoms with Gasteiger partial charge < -0.3 is 19.5 Å². The van der Waals surface area contributed by atoms with Crippen molar-refractivity contribution in [2.24, 2.45) is 5.92 Å². The summed E-state index contributed by atoms with van der Waals surface area (Å²) in [4.78, 5) is 21.2. The highest BCUT2D eigenvalue weighted by Gasteiger charge is 2.25. The van der Waals surface area contributed by atoms with Gasteiger partial charge in [-0.25, -0.2) is 0 Å². The Morgan fingerprint density at radius 2 is 2.04 bits per heavy atom. The number of carbonyl (C=O) groups excluding carboxylic acids is 1. The molecule has 2 aliphatic heterocycles. The lowest BCUT2D eigenvalue weighted by molar-refractivity contribution is -0.131. The zero-order chi connectivity index (χ0) is 17.2. The molecule has 0 radical (unpaired) electrons. The van der Waals surface area contributed by atoms with Crippen molar-refractivity contribution in [3.63, 3.8) is 0 Å². The van der Waals surface area contributed by atoms with Gasteiger partial charge in [0.15, 0.2) is 5.58 Å². The molecule has 150 valence electrons. The first-order chi connectivity index (χ1) is 12.2. The number of anilines is 1. The number of nitrogens with one attached hydrogen (secondary N) is 1. The molecule has 1 unspecified atom stereocenters. The Balaban J connectivity index is 0.00000131. The molecule has 27 heavy (non-hydrogen) atoms. The monoisotopic (exact) mass is 414 g/mol. The molecule has 1 aromatic heterocycles. The molecule has 1 atom stereocenters. The second-order valence-electron chi connectivity index (χ2n) is 7.23. The SMILES string of the molecule is Cc1ccc2oc(N3CCN(C(=O)CCC4CCNC4)CC3)nc2c1.Cl.Cl. The number of nitrogens with zero attached hydrogens (tertiary/aromatic N) is 3. The van der Waals surface area contributed by atoms with E-state index in [4.69, 9.17) is 4.42 Å². The molecule has 8 heteroatoms. The van der Waals surface area contributed by atoms with Gasteiger partial charge in [0, 0.05) is 32.6 Å². The Labute approximate surface area is 172 Å². The minimum Gasteiger partial charge on any atom is -0.423 e. The fourth-order valence-electron chi connectivity index (χ4n) is 3.75. The van der Waals surface area contributed by atoms with Gasteiger partial charge in [0.05, 0.1) is 0 Å². The van der Waals surface area contributed by atoms with Crippen LogP contribution in [0, 0.1) is 12.8 Å². The topological polar surface area (TPSA) is 61.6 Å². The molecule has 2 aromatic rings. The average molecular weight is 415 g/mol. The van der Waals surface area contributed by atoms with E-state index in [0.717, 1.165) is 56.8 Å². The molecule has 0 saturated carbocycles. The van der Waals surface area contributed by atoms with Crippen molar-refractivity contribution in [1.29, 1.82) is 0 Å². The summed E-state index contributed by atoms with van der Waals surface area (Å²) in [6.07, 6.45) is 2.89. The molecule has 1 amide bonds. The lowest BCUT2D eigenvalue weighted by atomic mass is 10.0. The van der Waals surface area contributed by atoms with Crippen LogP contribution in [-0.2, 0) is 4.79 Å². The van der Waals surface area contributed by atoms with Crippen molar-refractivity contribution in [3.8, 4) is 0 Å². The number of carbonyl (C=O) groups is 1. The maximum Gasteiger partial charge on any atom is 0.298 e. The number of oxazole rings is 1. The van der Waals surface area contributed by atoms with Gasteiger partial charge in [-0.3, -0.25) is 4.79 Å². The number of halogens is 2. The number of amides is 1. The summed E-state index contributed by atoms with van der Waals surface area (Å²) in [5.41, 5.74) is 2.91. The van der Waals surface area contributed by atoms with E-state index in [9.17, 15) is 4.79 Å². The van der Waals surface area contributed by atoms with Crippen LogP contribution in [0.2, 0.25) is 0 Å². The van der Waals surface area contributed by atoms with E-state index in [-0.39, 0.29) is 24.8 Å². The molecule has 2 saturated heterocycles. The number of fused-ring (bicyclic) bond motifs is 1. The Hall–Kier alpha value is -1.50. The Bertz CT molecular complexity index is 753. The zero-order valence-corrected chi connectivity index (χ0v) is 17.3. The zero-order valence-electron chi connectivity index (χ0n) is 15.6. The summed E-state index contributed by atoms with van der Waals surface area (Å²) in [5, 5.41) is 3.37. The standard InChI is InChI=1S/C19H26N4O2.2ClH/c1-14-2-4-17-16(12-14)21-19(25-17)23-10-8-22(9-11-23)18(24)5-3-15-6-7-20-13-15;;/h2,4,12,15,20H,3,5-11,13H2,1H3;2*1H. The highest BCUT2D eigenvalue weighted by atomic mass is 35.5. The van der Waals surface area contributed by atoms with Crippen LogP contribution < -0.4 is 10.2 Å². The van der Waals surface area contributed by atoms with Gasteiger partial charge in [-0.1, -0.05) is 6.07 Å². The molecule has 2 aliphatic rings. The number of hydrogen-bond donors (Lipinski definition) is 1. The van der Waals surface area contributed by atoms with Crippen LogP contribution in [0.1, 0.15) is 24.8 Å². The first-order valence-corrected chi connectivity index (χ1v) is 9.30. The van der Waals surface area contributed by atoms with E-state index in [1.807, 2.05) is 23.1 Å². The van der Waals surface area contributed by atoms with Crippen LogP contribution in [0.25, 0.3) is 11.1 Å². The molecule has 6 nitrogen and oxygen atoms in total. The molecule has 3 heterocycles. The predicted molar refractivity (Wildman–Crippen MR) is 112 cm³/mol. The third-order valence-corrected chi connectivity index (χ3v) is 5.36. The van der Waals surface area contributed by atoms with Crippen LogP contribution in [-0.4, -0.2) is 55.1 Å². The maximum atomic E-state index is 12.4. The molecule has 4 rings (SSSR count). The third kappa shape index (κ3) is 5.06. The van der Waals surface area contributed by atoms with Crippen molar-refractivity contribution in [1.82, 2.24) is 15.2 Å². The number of rotatable bonds is 4. The predicted octanol–water partition coefficient (Wildman–Crippen LogP) is 3.02. The summed E-state index contributed by atoms with van der Waals surface area (Å²) < 4.78 is 5.88. The number of hydrogen-bond acceptors (Lipinski definition) is 5. The van der Waals surface area contributed by atoms with E-state index in [1.54, 1.807) is 0 Å². The van der Waals surface area contributed by atoms with E-state index in [2.05, 4.69) is 22.1 Å². The van der Waals surface area contributed by atoms with Gasteiger partial charge in [-0.05, 0) is 56.5 Å². The normalized spacial score (nSPS) is 19.7. The van der Waals surface area contributed by atoms with Gasteiger partial charge in [0.25, 0.3) is 6.01 Å². The minimum absolute atomic E-state index is 0. The van der Waals surface area contributed by atoms with Crippen LogP contribution >= 0.6 is 24.8 Å². The molecular formula is C19H28Cl2N4O2.